The summed E-state index contributed by atoms with van der Waals surface area (Å²) in [6.45, 7) is 7.88. The van der Waals surface area contributed by atoms with Gasteiger partial charge in [-0.25, -0.2) is 0 Å². The summed E-state index contributed by atoms with van der Waals surface area (Å²) in [7, 11) is 0. The molecule has 2 rings (SSSR count). The van der Waals surface area contributed by atoms with Crippen molar-refractivity contribution >= 4 is 17.3 Å². The van der Waals surface area contributed by atoms with E-state index in [9.17, 15) is 9.00 Å². The highest BCUT2D eigenvalue weighted by Gasteiger charge is 2.58. The fourth-order valence-electron chi connectivity index (χ4n) is 3.56. The zero-order valence-corrected chi connectivity index (χ0v) is 13.3. The Morgan fingerprint density at radius 3 is 2.86 bits per heavy atom. The number of fused-ring (bicyclic) bond motifs is 2. The van der Waals surface area contributed by atoms with Crippen LogP contribution in [0, 0.1) is 11.8 Å². The Kier molecular flexibility index (Phi) is 5.19. The molecule has 2 N–H and O–H groups in total. The molecule has 1 amide bonds. The lowest BCUT2D eigenvalue weighted by Gasteiger charge is -2.39. The van der Waals surface area contributed by atoms with E-state index in [1.165, 1.54) is 0 Å². The molecule has 2 saturated carbocycles. The molecule has 2 bridgehead atoms. The van der Waals surface area contributed by atoms with Crippen molar-refractivity contribution in [2.24, 2.45) is 11.8 Å². The van der Waals surface area contributed by atoms with Gasteiger partial charge >= 0.3 is 11.4 Å². The minimum absolute atomic E-state index is 0.194. The average molecular weight is 317 g/mol. The zero-order chi connectivity index (χ0) is 15.6. The minimum Gasteiger partial charge on any atom is -0.370 e. The van der Waals surface area contributed by atoms with Crippen LogP contribution in [0.25, 0.3) is 0 Å². The van der Waals surface area contributed by atoms with E-state index in [1.54, 1.807) is 6.92 Å². The van der Waals surface area contributed by atoms with Crippen LogP contribution in [0.3, 0.4) is 0 Å². The summed E-state index contributed by atoms with van der Waals surface area (Å²) in [6.07, 6.45) is 2.67. The first-order valence-corrected chi connectivity index (χ1v) is 8.23. The fraction of sp³-hybridized carbons (Fsp3) is 0.786. The van der Waals surface area contributed by atoms with Crippen molar-refractivity contribution in [2.75, 3.05) is 13.2 Å². The number of carbonyl (C=O) groups excluding carboxylic acids is 1. The molecule has 0 radical (unpaired) electrons. The maximum atomic E-state index is 11.4. The molecule has 2 fully saturated rings. The topological polar surface area (TPSA) is 84.9 Å². The van der Waals surface area contributed by atoms with Crippen LogP contribution in [0.2, 0.25) is 0 Å². The third-order valence-corrected chi connectivity index (χ3v) is 5.02. The minimum atomic E-state index is -2.29. The smallest absolute Gasteiger partial charge is 0.302 e. The lowest BCUT2D eigenvalue weighted by atomic mass is 9.83. The first-order chi connectivity index (χ1) is 9.84. The van der Waals surface area contributed by atoms with Crippen LogP contribution < -0.4 is 5.32 Å². The number of hydrogen-bond acceptors (Lipinski definition) is 4. The molecule has 0 aromatic carbocycles. The maximum Gasteiger partial charge on any atom is 0.302 e. The summed E-state index contributed by atoms with van der Waals surface area (Å²) in [5, 5.41) is 2.71. The summed E-state index contributed by atoms with van der Waals surface area (Å²) >= 11 is -2.29. The van der Waals surface area contributed by atoms with Crippen LogP contribution in [0.15, 0.2) is 12.2 Å². The summed E-state index contributed by atoms with van der Waals surface area (Å²) in [4.78, 5) is 11.4. The summed E-state index contributed by atoms with van der Waals surface area (Å²) < 4.78 is 31.1. The Hall–Kier alpha value is -0.760. The van der Waals surface area contributed by atoms with E-state index in [1.807, 2.05) is 6.92 Å². The molecular formula is C14H23NO5S. The highest BCUT2D eigenvalue weighted by molar-refractivity contribution is 7.74. The highest BCUT2D eigenvalue weighted by Crippen LogP contribution is 2.53. The zero-order valence-electron chi connectivity index (χ0n) is 12.5. The van der Waals surface area contributed by atoms with Crippen LogP contribution in [0.1, 0.15) is 33.1 Å². The molecule has 0 heterocycles. The molecule has 0 aromatic heterocycles. The maximum absolute atomic E-state index is 11.4. The first kappa shape index (κ1) is 16.6. The van der Waals surface area contributed by atoms with Crippen LogP contribution in [-0.4, -0.2) is 39.5 Å². The summed E-state index contributed by atoms with van der Waals surface area (Å²) in [5.74, 6) is 0.426. The van der Waals surface area contributed by atoms with Gasteiger partial charge in [0, 0.05) is 12.1 Å². The lowest BCUT2D eigenvalue weighted by Crippen LogP contribution is -2.49. The van der Waals surface area contributed by atoms with Gasteiger partial charge < -0.3 is 10.1 Å². The molecule has 5 atom stereocenters. The molecule has 0 aromatic rings. The average Bonchev–Trinajstić information content (AvgIpc) is 2.97. The van der Waals surface area contributed by atoms with Gasteiger partial charge in [0.2, 0.25) is 5.91 Å². The third-order valence-electron chi connectivity index (χ3n) is 4.65. The Morgan fingerprint density at radius 1 is 1.52 bits per heavy atom. The van der Waals surface area contributed by atoms with E-state index in [2.05, 4.69) is 11.9 Å². The van der Waals surface area contributed by atoms with Crippen molar-refractivity contribution in [2.45, 2.75) is 44.8 Å². The molecule has 5 unspecified atom stereocenters. The van der Waals surface area contributed by atoms with Gasteiger partial charge in [0.15, 0.2) is 0 Å². The van der Waals surface area contributed by atoms with Crippen molar-refractivity contribution in [3.63, 3.8) is 0 Å². The summed E-state index contributed by atoms with van der Waals surface area (Å²) in [5.41, 5.74) is -0.104. The SMILES string of the molecule is C=C(C)C(=O)NCCOC1(C)C2CCC(C2)C1OS(=O)O. The molecule has 120 valence electrons. The van der Waals surface area contributed by atoms with Gasteiger partial charge in [0.25, 0.3) is 0 Å². The van der Waals surface area contributed by atoms with Gasteiger partial charge in [-0.05, 0) is 44.9 Å². The second kappa shape index (κ2) is 6.56. The van der Waals surface area contributed by atoms with Gasteiger partial charge in [-0.3, -0.25) is 13.5 Å². The number of hydrogen-bond donors (Lipinski definition) is 2. The number of rotatable bonds is 7. The van der Waals surface area contributed by atoms with Gasteiger partial charge in [0.1, 0.15) is 6.10 Å². The summed E-state index contributed by atoms with van der Waals surface area (Å²) in [6, 6.07) is 0. The Morgan fingerprint density at radius 2 is 2.24 bits per heavy atom. The van der Waals surface area contributed by atoms with Gasteiger partial charge in [-0.2, -0.15) is 4.21 Å². The van der Waals surface area contributed by atoms with Gasteiger partial charge in [0.05, 0.1) is 12.2 Å². The number of amides is 1. The third kappa shape index (κ3) is 3.53. The van der Waals surface area contributed by atoms with Gasteiger partial charge in [-0.1, -0.05) is 6.58 Å². The van der Waals surface area contributed by atoms with Gasteiger partial charge in [-0.15, -0.1) is 0 Å². The van der Waals surface area contributed by atoms with Crippen LogP contribution in [-0.2, 0) is 25.1 Å². The molecule has 0 aliphatic heterocycles. The monoisotopic (exact) mass is 317 g/mol. The molecule has 7 heteroatoms. The normalized spacial score (nSPS) is 35.7. The predicted molar refractivity (Wildman–Crippen MR) is 78.7 cm³/mol. The predicted octanol–water partition coefficient (Wildman–Crippen LogP) is 1.41. The molecular weight excluding hydrogens is 294 g/mol. The quantitative estimate of drug-likeness (QED) is 0.421. The Labute approximate surface area is 127 Å². The Bertz CT molecular complexity index is 455. The van der Waals surface area contributed by atoms with E-state index in [0.717, 1.165) is 19.3 Å². The molecule has 0 saturated heterocycles. The second-order valence-electron chi connectivity index (χ2n) is 6.07. The number of nitrogens with one attached hydrogen (secondary N) is 1. The molecule has 2 aliphatic rings. The highest BCUT2D eigenvalue weighted by atomic mass is 32.2. The first-order valence-electron chi connectivity index (χ1n) is 7.20. The van der Waals surface area contributed by atoms with Crippen molar-refractivity contribution in [1.82, 2.24) is 5.32 Å². The number of carbonyl (C=O) groups is 1. The van der Waals surface area contributed by atoms with Crippen LogP contribution >= 0.6 is 0 Å². The van der Waals surface area contributed by atoms with E-state index >= 15 is 0 Å². The van der Waals surface area contributed by atoms with Crippen LogP contribution in [0.5, 0.6) is 0 Å². The molecule has 0 spiro atoms. The van der Waals surface area contributed by atoms with Crippen molar-refractivity contribution in [3.8, 4) is 0 Å². The molecule has 21 heavy (non-hydrogen) atoms. The van der Waals surface area contributed by atoms with E-state index in [4.69, 9.17) is 13.5 Å². The fourth-order valence-corrected chi connectivity index (χ4v) is 4.09. The second-order valence-corrected chi connectivity index (χ2v) is 6.70. The molecule has 6 nitrogen and oxygen atoms in total. The van der Waals surface area contributed by atoms with E-state index < -0.39 is 17.0 Å². The van der Waals surface area contributed by atoms with Crippen molar-refractivity contribution in [1.29, 1.82) is 0 Å². The van der Waals surface area contributed by atoms with E-state index in [-0.39, 0.29) is 17.9 Å². The largest absolute Gasteiger partial charge is 0.370 e. The van der Waals surface area contributed by atoms with Crippen molar-refractivity contribution < 1.29 is 22.5 Å². The van der Waals surface area contributed by atoms with Crippen molar-refractivity contribution in [3.05, 3.63) is 12.2 Å². The lowest BCUT2D eigenvalue weighted by molar-refractivity contribution is -0.130. The van der Waals surface area contributed by atoms with Crippen LogP contribution in [0.4, 0.5) is 0 Å². The standard InChI is InChI=1S/C14H23NO5S/c1-9(2)13(16)15-6-7-19-14(3)11-5-4-10(8-11)12(14)20-21(17)18/h10-12H,1,4-8H2,2-3H3,(H,15,16)(H,17,18). The molecule has 2 aliphatic carbocycles. The van der Waals surface area contributed by atoms with E-state index in [0.29, 0.717) is 24.6 Å². The number of ether oxygens (including phenoxy) is 1. The Balaban J connectivity index is 1.88.